The molecule has 1 rings (SSSR count). The SMILES string of the molecule is CCCN1CCC(NC[C@@H](C)O)CC1. The molecule has 0 aliphatic carbocycles. The summed E-state index contributed by atoms with van der Waals surface area (Å²) in [6.45, 7) is 8.47. The molecule has 0 aromatic carbocycles. The van der Waals surface area contributed by atoms with Crippen LogP contribution in [0.2, 0.25) is 0 Å². The van der Waals surface area contributed by atoms with Gasteiger partial charge in [-0.25, -0.2) is 0 Å². The third kappa shape index (κ3) is 4.40. The van der Waals surface area contributed by atoms with Crippen LogP contribution in [-0.4, -0.2) is 48.3 Å². The standard InChI is InChI=1S/C11H24N2O/c1-3-6-13-7-4-11(5-8-13)12-9-10(2)14/h10-12,14H,3-9H2,1-2H3/t10-/m1/s1. The van der Waals surface area contributed by atoms with E-state index in [2.05, 4.69) is 17.1 Å². The van der Waals surface area contributed by atoms with Gasteiger partial charge in [-0.05, 0) is 45.8 Å². The van der Waals surface area contributed by atoms with Gasteiger partial charge in [-0.1, -0.05) is 6.92 Å². The van der Waals surface area contributed by atoms with Gasteiger partial charge in [0, 0.05) is 12.6 Å². The molecule has 0 bridgehead atoms. The Labute approximate surface area is 87.5 Å². The van der Waals surface area contributed by atoms with Gasteiger partial charge in [-0.2, -0.15) is 0 Å². The van der Waals surface area contributed by atoms with Crippen LogP contribution < -0.4 is 5.32 Å². The molecular weight excluding hydrogens is 176 g/mol. The Bertz CT molecular complexity index is 142. The predicted octanol–water partition coefficient (Wildman–Crippen LogP) is 0.831. The van der Waals surface area contributed by atoms with E-state index >= 15 is 0 Å². The molecule has 0 unspecified atom stereocenters. The largest absolute Gasteiger partial charge is 0.392 e. The first kappa shape index (κ1) is 12.0. The highest BCUT2D eigenvalue weighted by Crippen LogP contribution is 2.10. The Balaban J connectivity index is 2.09. The Kier molecular flexibility index (Phi) is 5.45. The van der Waals surface area contributed by atoms with Crippen molar-refractivity contribution in [2.45, 2.75) is 45.3 Å². The highest BCUT2D eigenvalue weighted by molar-refractivity contribution is 4.77. The summed E-state index contributed by atoms with van der Waals surface area (Å²) in [5.41, 5.74) is 0. The minimum absolute atomic E-state index is 0.219. The van der Waals surface area contributed by atoms with Gasteiger partial charge in [0.05, 0.1) is 6.10 Å². The number of hydrogen-bond acceptors (Lipinski definition) is 3. The monoisotopic (exact) mass is 200 g/mol. The normalized spacial score (nSPS) is 22.5. The second kappa shape index (κ2) is 6.38. The van der Waals surface area contributed by atoms with Crippen LogP contribution in [0, 0.1) is 0 Å². The number of nitrogens with one attached hydrogen (secondary N) is 1. The van der Waals surface area contributed by atoms with E-state index in [-0.39, 0.29) is 6.10 Å². The van der Waals surface area contributed by atoms with E-state index in [1.807, 2.05) is 6.92 Å². The highest BCUT2D eigenvalue weighted by Gasteiger charge is 2.17. The van der Waals surface area contributed by atoms with Crippen molar-refractivity contribution in [3.05, 3.63) is 0 Å². The fourth-order valence-corrected chi connectivity index (χ4v) is 2.01. The van der Waals surface area contributed by atoms with Crippen LogP contribution in [-0.2, 0) is 0 Å². The maximum absolute atomic E-state index is 9.15. The molecule has 14 heavy (non-hydrogen) atoms. The van der Waals surface area contributed by atoms with Gasteiger partial charge in [-0.15, -0.1) is 0 Å². The summed E-state index contributed by atoms with van der Waals surface area (Å²) in [6, 6.07) is 0.623. The van der Waals surface area contributed by atoms with Crippen molar-refractivity contribution in [1.82, 2.24) is 10.2 Å². The van der Waals surface area contributed by atoms with Gasteiger partial charge in [0.15, 0.2) is 0 Å². The molecule has 84 valence electrons. The van der Waals surface area contributed by atoms with Crippen LogP contribution in [0.1, 0.15) is 33.1 Å². The molecular formula is C11H24N2O. The van der Waals surface area contributed by atoms with Crippen LogP contribution in [0.3, 0.4) is 0 Å². The van der Waals surface area contributed by atoms with E-state index in [1.165, 1.54) is 38.9 Å². The van der Waals surface area contributed by atoms with E-state index in [0.717, 1.165) is 6.54 Å². The smallest absolute Gasteiger partial charge is 0.0636 e. The van der Waals surface area contributed by atoms with Gasteiger partial charge >= 0.3 is 0 Å². The lowest BCUT2D eigenvalue weighted by atomic mass is 10.0. The molecule has 1 aliphatic rings. The highest BCUT2D eigenvalue weighted by atomic mass is 16.3. The van der Waals surface area contributed by atoms with Gasteiger partial charge in [0.25, 0.3) is 0 Å². The van der Waals surface area contributed by atoms with Crippen molar-refractivity contribution < 1.29 is 5.11 Å². The number of likely N-dealkylation sites (tertiary alicyclic amines) is 1. The zero-order valence-corrected chi connectivity index (χ0v) is 9.50. The van der Waals surface area contributed by atoms with Crippen LogP contribution in [0.4, 0.5) is 0 Å². The quantitative estimate of drug-likeness (QED) is 0.690. The summed E-state index contributed by atoms with van der Waals surface area (Å²) in [4.78, 5) is 2.53. The second-order valence-corrected chi connectivity index (χ2v) is 4.37. The summed E-state index contributed by atoms with van der Waals surface area (Å²) < 4.78 is 0. The van der Waals surface area contributed by atoms with Crippen LogP contribution in [0.15, 0.2) is 0 Å². The molecule has 3 nitrogen and oxygen atoms in total. The lowest BCUT2D eigenvalue weighted by Crippen LogP contribution is -2.44. The van der Waals surface area contributed by atoms with E-state index in [1.54, 1.807) is 0 Å². The molecule has 0 radical (unpaired) electrons. The third-order valence-corrected chi connectivity index (χ3v) is 2.83. The first-order valence-corrected chi connectivity index (χ1v) is 5.86. The Hall–Kier alpha value is -0.120. The summed E-state index contributed by atoms with van der Waals surface area (Å²) in [5.74, 6) is 0. The molecule has 3 heteroatoms. The summed E-state index contributed by atoms with van der Waals surface area (Å²) in [7, 11) is 0. The minimum Gasteiger partial charge on any atom is -0.392 e. The molecule has 1 saturated heterocycles. The van der Waals surface area contributed by atoms with Gasteiger partial charge in [0.1, 0.15) is 0 Å². The summed E-state index contributed by atoms with van der Waals surface area (Å²) >= 11 is 0. The van der Waals surface area contributed by atoms with E-state index in [4.69, 9.17) is 5.11 Å². The van der Waals surface area contributed by atoms with Gasteiger partial charge in [0.2, 0.25) is 0 Å². The topological polar surface area (TPSA) is 35.5 Å². The first-order chi connectivity index (χ1) is 6.72. The van der Waals surface area contributed by atoms with E-state index < -0.39 is 0 Å². The first-order valence-electron chi connectivity index (χ1n) is 5.86. The van der Waals surface area contributed by atoms with Gasteiger partial charge < -0.3 is 15.3 Å². The van der Waals surface area contributed by atoms with Crippen molar-refractivity contribution in [2.24, 2.45) is 0 Å². The number of aliphatic hydroxyl groups is 1. The second-order valence-electron chi connectivity index (χ2n) is 4.37. The van der Waals surface area contributed by atoms with E-state index in [9.17, 15) is 0 Å². The van der Waals surface area contributed by atoms with Gasteiger partial charge in [-0.3, -0.25) is 0 Å². The number of hydrogen-bond donors (Lipinski definition) is 2. The maximum atomic E-state index is 9.15. The number of rotatable bonds is 5. The fraction of sp³-hybridized carbons (Fsp3) is 1.00. The lowest BCUT2D eigenvalue weighted by molar-refractivity contribution is 0.162. The molecule has 0 amide bonds. The average molecular weight is 200 g/mol. The lowest BCUT2D eigenvalue weighted by Gasteiger charge is -2.32. The molecule has 1 aliphatic heterocycles. The minimum atomic E-state index is -0.219. The number of aliphatic hydroxyl groups excluding tert-OH is 1. The van der Waals surface area contributed by atoms with Crippen molar-refractivity contribution in [1.29, 1.82) is 0 Å². The number of nitrogens with zero attached hydrogens (tertiary/aromatic N) is 1. The van der Waals surface area contributed by atoms with Crippen molar-refractivity contribution in [3.63, 3.8) is 0 Å². The molecule has 1 fully saturated rings. The molecule has 1 heterocycles. The molecule has 0 aromatic heterocycles. The molecule has 0 spiro atoms. The zero-order chi connectivity index (χ0) is 10.4. The van der Waals surface area contributed by atoms with Crippen molar-refractivity contribution in [3.8, 4) is 0 Å². The zero-order valence-electron chi connectivity index (χ0n) is 9.50. The Morgan fingerprint density at radius 1 is 1.43 bits per heavy atom. The predicted molar refractivity (Wildman–Crippen MR) is 59.4 cm³/mol. The van der Waals surface area contributed by atoms with E-state index in [0.29, 0.717) is 6.04 Å². The summed E-state index contributed by atoms with van der Waals surface area (Å²) in [6.07, 6.45) is 3.49. The molecule has 0 saturated carbocycles. The van der Waals surface area contributed by atoms with Crippen LogP contribution >= 0.6 is 0 Å². The average Bonchev–Trinajstić information content (AvgIpc) is 2.17. The van der Waals surface area contributed by atoms with Crippen LogP contribution in [0.5, 0.6) is 0 Å². The number of piperidine rings is 1. The Morgan fingerprint density at radius 3 is 2.57 bits per heavy atom. The summed E-state index contributed by atoms with van der Waals surface area (Å²) in [5, 5.41) is 12.6. The molecule has 1 atom stereocenters. The van der Waals surface area contributed by atoms with Crippen LogP contribution in [0.25, 0.3) is 0 Å². The molecule has 0 aromatic rings. The Morgan fingerprint density at radius 2 is 2.07 bits per heavy atom. The fourth-order valence-electron chi connectivity index (χ4n) is 2.01. The third-order valence-electron chi connectivity index (χ3n) is 2.83. The van der Waals surface area contributed by atoms with Crippen molar-refractivity contribution in [2.75, 3.05) is 26.2 Å². The molecule has 2 N–H and O–H groups in total. The maximum Gasteiger partial charge on any atom is 0.0636 e. The van der Waals surface area contributed by atoms with Crippen molar-refractivity contribution >= 4 is 0 Å².